The molecule has 0 heterocycles. The van der Waals surface area contributed by atoms with E-state index in [4.69, 9.17) is 4.74 Å². The second kappa shape index (κ2) is 9.53. The fourth-order valence-corrected chi connectivity index (χ4v) is 2.79. The molecule has 1 N–H and O–H groups in total. The van der Waals surface area contributed by atoms with Crippen molar-refractivity contribution in [3.8, 4) is 6.07 Å². The highest BCUT2D eigenvalue weighted by Gasteiger charge is 2.27. The van der Waals surface area contributed by atoms with Gasteiger partial charge in [-0.1, -0.05) is 30.0 Å². The summed E-state index contributed by atoms with van der Waals surface area (Å²) in [6, 6.07) is 10.6. The van der Waals surface area contributed by atoms with E-state index in [1.165, 1.54) is 13.8 Å². The highest BCUT2D eigenvalue weighted by molar-refractivity contribution is 8.15. The lowest BCUT2D eigenvalue weighted by molar-refractivity contribution is -0.141. The maximum atomic E-state index is 11.9. The SMILES string of the molecule is CCOC(=O)C(C#N)SC(=Nc1ccccc1)/C(C(C)=O)=C(\C)O. The summed E-state index contributed by atoms with van der Waals surface area (Å²) in [5.74, 6) is -1.37. The molecule has 1 atom stereocenters. The Balaban J connectivity index is 3.32. The second-order valence-corrected chi connectivity index (χ2v) is 5.74. The van der Waals surface area contributed by atoms with E-state index in [-0.39, 0.29) is 23.0 Å². The molecule has 24 heavy (non-hydrogen) atoms. The molecule has 0 fully saturated rings. The summed E-state index contributed by atoms with van der Waals surface area (Å²) in [5.41, 5.74) is 0.494. The van der Waals surface area contributed by atoms with Crippen LogP contribution >= 0.6 is 11.8 Å². The molecule has 0 aliphatic rings. The van der Waals surface area contributed by atoms with Crippen LogP contribution in [0.1, 0.15) is 20.8 Å². The smallest absolute Gasteiger partial charge is 0.334 e. The van der Waals surface area contributed by atoms with Gasteiger partial charge in [0.15, 0.2) is 11.0 Å². The van der Waals surface area contributed by atoms with Crippen LogP contribution in [0.15, 0.2) is 46.7 Å². The van der Waals surface area contributed by atoms with Crippen LogP contribution < -0.4 is 0 Å². The van der Waals surface area contributed by atoms with Gasteiger partial charge in [0.1, 0.15) is 10.8 Å². The monoisotopic (exact) mass is 346 g/mol. The van der Waals surface area contributed by atoms with Gasteiger partial charge in [0.05, 0.1) is 23.9 Å². The van der Waals surface area contributed by atoms with Gasteiger partial charge in [-0.2, -0.15) is 5.26 Å². The Labute approximate surface area is 144 Å². The fraction of sp³-hybridized carbons (Fsp3) is 0.294. The van der Waals surface area contributed by atoms with Crippen LogP contribution in [0.3, 0.4) is 0 Å². The van der Waals surface area contributed by atoms with Crippen molar-refractivity contribution in [2.45, 2.75) is 26.0 Å². The number of hydrogen-bond acceptors (Lipinski definition) is 7. The van der Waals surface area contributed by atoms with Gasteiger partial charge in [0.25, 0.3) is 0 Å². The Bertz CT molecular complexity index is 701. The summed E-state index contributed by atoms with van der Waals surface area (Å²) < 4.78 is 4.85. The lowest BCUT2D eigenvalue weighted by atomic mass is 10.2. The number of aliphatic hydroxyl groups excluding tert-OH is 1. The third-order valence-electron chi connectivity index (χ3n) is 2.76. The zero-order valence-corrected chi connectivity index (χ0v) is 14.5. The minimum absolute atomic E-state index is 0.0339. The van der Waals surface area contributed by atoms with Gasteiger partial charge in [-0.05, 0) is 32.9 Å². The van der Waals surface area contributed by atoms with E-state index in [1.54, 1.807) is 31.2 Å². The molecule has 1 aromatic carbocycles. The molecule has 7 heteroatoms. The number of carbonyl (C=O) groups excluding carboxylic acids is 2. The maximum Gasteiger partial charge on any atom is 0.334 e. The molecule has 1 rings (SSSR count). The number of rotatable bonds is 6. The third-order valence-corrected chi connectivity index (χ3v) is 3.81. The number of Topliss-reactive ketones (excluding diaryl/α,β-unsaturated/α-hetero) is 1. The van der Waals surface area contributed by atoms with Gasteiger partial charge in [0.2, 0.25) is 0 Å². The van der Waals surface area contributed by atoms with Crippen molar-refractivity contribution < 1.29 is 19.4 Å². The predicted molar refractivity (Wildman–Crippen MR) is 93.2 cm³/mol. The number of hydrogen-bond donors (Lipinski definition) is 1. The number of nitrogens with zero attached hydrogens (tertiary/aromatic N) is 2. The molecule has 0 saturated heterocycles. The topological polar surface area (TPSA) is 99.8 Å². The van der Waals surface area contributed by atoms with Crippen LogP contribution in [-0.2, 0) is 14.3 Å². The first-order chi connectivity index (χ1) is 11.4. The van der Waals surface area contributed by atoms with Crippen LogP contribution in [0, 0.1) is 11.3 Å². The molecule has 0 radical (unpaired) electrons. The van der Waals surface area contributed by atoms with Crippen molar-refractivity contribution >= 4 is 34.2 Å². The number of aliphatic imine (C=N–C) groups is 1. The van der Waals surface area contributed by atoms with E-state index >= 15 is 0 Å². The van der Waals surface area contributed by atoms with Crippen LogP contribution in [0.2, 0.25) is 0 Å². The normalized spacial score (nSPS) is 13.5. The molecule has 0 bridgehead atoms. The third kappa shape index (κ3) is 5.56. The van der Waals surface area contributed by atoms with E-state index in [1.807, 2.05) is 12.1 Å². The Morgan fingerprint density at radius 1 is 1.33 bits per heavy atom. The summed E-state index contributed by atoms with van der Waals surface area (Å²) >= 11 is 0.773. The van der Waals surface area contributed by atoms with Crippen molar-refractivity contribution in [2.75, 3.05) is 6.61 Å². The Morgan fingerprint density at radius 3 is 2.42 bits per heavy atom. The minimum atomic E-state index is -1.19. The molecule has 0 saturated carbocycles. The van der Waals surface area contributed by atoms with Gasteiger partial charge < -0.3 is 9.84 Å². The number of aliphatic hydroxyl groups is 1. The first-order valence-electron chi connectivity index (χ1n) is 7.18. The number of carbonyl (C=O) groups is 2. The van der Waals surface area contributed by atoms with Gasteiger partial charge in [0, 0.05) is 0 Å². The standard InChI is InChI=1S/C17H18N2O4S/c1-4-23-17(22)14(10-18)24-16(15(11(2)20)12(3)21)19-13-8-6-5-7-9-13/h5-9,14,20H,4H2,1-3H3/b15-11+,19-16?. The summed E-state index contributed by atoms with van der Waals surface area (Å²) in [7, 11) is 0. The largest absolute Gasteiger partial charge is 0.512 e. The van der Waals surface area contributed by atoms with Gasteiger partial charge in [-0.25, -0.2) is 9.79 Å². The van der Waals surface area contributed by atoms with Crippen molar-refractivity contribution in [2.24, 2.45) is 4.99 Å². The average Bonchev–Trinajstić information content (AvgIpc) is 2.52. The first-order valence-corrected chi connectivity index (χ1v) is 8.06. The number of para-hydroxylation sites is 1. The van der Waals surface area contributed by atoms with Gasteiger partial charge >= 0.3 is 5.97 Å². The Hall–Kier alpha value is -2.59. The Morgan fingerprint density at radius 2 is 1.96 bits per heavy atom. The number of esters is 1. The quantitative estimate of drug-likeness (QED) is 0.279. The molecule has 6 nitrogen and oxygen atoms in total. The van der Waals surface area contributed by atoms with Crippen LogP contribution in [0.5, 0.6) is 0 Å². The molecule has 126 valence electrons. The predicted octanol–water partition coefficient (Wildman–Crippen LogP) is 3.33. The first kappa shape index (κ1) is 19.5. The number of nitriles is 1. The molecular formula is C17H18N2O4S. The van der Waals surface area contributed by atoms with Gasteiger partial charge in [-0.3, -0.25) is 4.79 Å². The molecule has 0 aliphatic carbocycles. The highest BCUT2D eigenvalue weighted by Crippen LogP contribution is 2.25. The second-order valence-electron chi connectivity index (χ2n) is 4.65. The van der Waals surface area contributed by atoms with Crippen molar-refractivity contribution in [1.82, 2.24) is 0 Å². The number of allylic oxidation sites excluding steroid dienone is 1. The zero-order valence-electron chi connectivity index (χ0n) is 13.6. The summed E-state index contributed by atoms with van der Waals surface area (Å²) in [6.07, 6.45) is 0. The van der Waals surface area contributed by atoms with Crippen LogP contribution in [0.25, 0.3) is 0 Å². The van der Waals surface area contributed by atoms with E-state index in [0.717, 1.165) is 11.8 Å². The summed E-state index contributed by atoms with van der Waals surface area (Å²) in [4.78, 5) is 28.0. The summed E-state index contributed by atoms with van der Waals surface area (Å²) in [5, 5.41) is 17.9. The van der Waals surface area contributed by atoms with Crippen molar-refractivity contribution in [3.63, 3.8) is 0 Å². The molecule has 0 aliphatic heterocycles. The van der Waals surface area contributed by atoms with Gasteiger partial charge in [-0.15, -0.1) is 0 Å². The molecule has 0 aromatic heterocycles. The number of ketones is 1. The molecule has 0 amide bonds. The zero-order chi connectivity index (χ0) is 18.1. The molecular weight excluding hydrogens is 328 g/mol. The lowest BCUT2D eigenvalue weighted by Crippen LogP contribution is -2.22. The van der Waals surface area contributed by atoms with Crippen molar-refractivity contribution in [3.05, 3.63) is 41.7 Å². The van der Waals surface area contributed by atoms with Crippen LogP contribution in [-0.4, -0.2) is 33.8 Å². The minimum Gasteiger partial charge on any atom is -0.512 e. The number of benzene rings is 1. The molecule has 1 unspecified atom stereocenters. The number of ether oxygens (including phenoxy) is 1. The molecule has 1 aromatic rings. The fourth-order valence-electron chi connectivity index (χ4n) is 1.78. The van der Waals surface area contributed by atoms with Crippen molar-refractivity contribution in [1.29, 1.82) is 5.26 Å². The average molecular weight is 346 g/mol. The van der Waals surface area contributed by atoms with E-state index < -0.39 is 17.0 Å². The number of thioether (sulfide) groups is 1. The molecule has 0 spiro atoms. The summed E-state index contributed by atoms with van der Waals surface area (Å²) in [6.45, 7) is 4.40. The highest BCUT2D eigenvalue weighted by atomic mass is 32.2. The Kier molecular flexibility index (Phi) is 7.72. The van der Waals surface area contributed by atoms with E-state index in [0.29, 0.717) is 5.69 Å². The van der Waals surface area contributed by atoms with Crippen LogP contribution in [0.4, 0.5) is 5.69 Å². The van der Waals surface area contributed by atoms with E-state index in [9.17, 15) is 20.0 Å². The van der Waals surface area contributed by atoms with E-state index in [2.05, 4.69) is 4.99 Å². The lowest BCUT2D eigenvalue weighted by Gasteiger charge is -2.12. The maximum absolute atomic E-state index is 11.9.